The SMILES string of the molecule is CCNCCC(C)N(C)C(C)CC(C)C. The number of nitrogens with zero attached hydrogens (tertiary/aromatic N) is 1. The lowest BCUT2D eigenvalue weighted by molar-refractivity contribution is 0.167. The summed E-state index contributed by atoms with van der Waals surface area (Å²) in [6, 6.07) is 1.37. The van der Waals surface area contributed by atoms with E-state index in [0.29, 0.717) is 12.1 Å². The molecule has 0 aliphatic heterocycles. The van der Waals surface area contributed by atoms with Crippen molar-refractivity contribution >= 4 is 0 Å². The molecule has 0 aromatic carbocycles. The molecular weight excluding hydrogens is 184 g/mol. The van der Waals surface area contributed by atoms with Gasteiger partial charge in [0.05, 0.1) is 0 Å². The van der Waals surface area contributed by atoms with E-state index in [1.165, 1.54) is 12.8 Å². The lowest BCUT2D eigenvalue weighted by Crippen LogP contribution is -2.39. The summed E-state index contributed by atoms with van der Waals surface area (Å²) in [4.78, 5) is 2.51. The Kier molecular flexibility index (Phi) is 8.07. The van der Waals surface area contributed by atoms with E-state index in [9.17, 15) is 0 Å². The van der Waals surface area contributed by atoms with Gasteiger partial charge in [-0.2, -0.15) is 0 Å². The Hall–Kier alpha value is -0.0800. The number of hydrogen-bond acceptors (Lipinski definition) is 2. The zero-order valence-corrected chi connectivity index (χ0v) is 11.5. The van der Waals surface area contributed by atoms with Crippen LogP contribution in [0.15, 0.2) is 0 Å². The maximum Gasteiger partial charge on any atom is 0.00787 e. The van der Waals surface area contributed by atoms with Gasteiger partial charge in [-0.3, -0.25) is 0 Å². The van der Waals surface area contributed by atoms with E-state index < -0.39 is 0 Å². The Morgan fingerprint density at radius 1 is 1.07 bits per heavy atom. The molecule has 0 aliphatic rings. The lowest BCUT2D eigenvalue weighted by Gasteiger charge is -2.32. The maximum absolute atomic E-state index is 3.39. The fourth-order valence-corrected chi connectivity index (χ4v) is 1.97. The smallest absolute Gasteiger partial charge is 0.00787 e. The van der Waals surface area contributed by atoms with Crippen LogP contribution < -0.4 is 5.32 Å². The average molecular weight is 214 g/mol. The molecule has 2 nitrogen and oxygen atoms in total. The average Bonchev–Trinajstić information content (AvgIpc) is 2.15. The Morgan fingerprint density at radius 2 is 1.67 bits per heavy atom. The van der Waals surface area contributed by atoms with Crippen LogP contribution in [0, 0.1) is 5.92 Å². The Labute approximate surface area is 96.4 Å². The Bertz CT molecular complexity index is 145. The van der Waals surface area contributed by atoms with Crippen LogP contribution in [0.25, 0.3) is 0 Å². The minimum atomic E-state index is 0.679. The largest absolute Gasteiger partial charge is 0.317 e. The third-order valence-corrected chi connectivity index (χ3v) is 3.19. The molecular formula is C13H30N2. The Balaban J connectivity index is 3.79. The van der Waals surface area contributed by atoms with E-state index in [1.807, 2.05) is 0 Å². The molecule has 0 saturated carbocycles. The fourth-order valence-electron chi connectivity index (χ4n) is 1.97. The second kappa shape index (κ2) is 8.12. The van der Waals surface area contributed by atoms with Gasteiger partial charge in [-0.1, -0.05) is 20.8 Å². The van der Waals surface area contributed by atoms with E-state index in [-0.39, 0.29) is 0 Å². The minimum absolute atomic E-state index is 0.679. The van der Waals surface area contributed by atoms with Crippen LogP contribution >= 0.6 is 0 Å². The minimum Gasteiger partial charge on any atom is -0.317 e. The highest BCUT2D eigenvalue weighted by Gasteiger charge is 2.16. The fraction of sp³-hybridized carbons (Fsp3) is 1.00. The zero-order valence-electron chi connectivity index (χ0n) is 11.5. The quantitative estimate of drug-likeness (QED) is 0.625. The first-order valence-electron chi connectivity index (χ1n) is 6.41. The van der Waals surface area contributed by atoms with Gasteiger partial charge < -0.3 is 10.2 Å². The predicted octanol–water partition coefficient (Wildman–Crippen LogP) is 2.74. The monoisotopic (exact) mass is 214 g/mol. The summed E-state index contributed by atoms with van der Waals surface area (Å²) in [7, 11) is 2.25. The highest BCUT2D eigenvalue weighted by Crippen LogP contribution is 2.13. The molecule has 0 spiro atoms. The van der Waals surface area contributed by atoms with Gasteiger partial charge in [-0.05, 0) is 52.7 Å². The van der Waals surface area contributed by atoms with Crippen LogP contribution in [0.4, 0.5) is 0 Å². The molecule has 0 saturated heterocycles. The molecule has 15 heavy (non-hydrogen) atoms. The number of nitrogens with one attached hydrogen (secondary N) is 1. The van der Waals surface area contributed by atoms with Crippen molar-refractivity contribution < 1.29 is 0 Å². The van der Waals surface area contributed by atoms with Crippen LogP contribution in [0.1, 0.15) is 47.5 Å². The molecule has 2 heteroatoms. The highest BCUT2D eigenvalue weighted by atomic mass is 15.1. The van der Waals surface area contributed by atoms with E-state index in [0.717, 1.165) is 19.0 Å². The second-order valence-electron chi connectivity index (χ2n) is 5.14. The van der Waals surface area contributed by atoms with Gasteiger partial charge in [0.15, 0.2) is 0 Å². The van der Waals surface area contributed by atoms with Crippen molar-refractivity contribution in [1.29, 1.82) is 0 Å². The first-order valence-corrected chi connectivity index (χ1v) is 6.41. The third-order valence-electron chi connectivity index (χ3n) is 3.19. The molecule has 2 atom stereocenters. The molecule has 0 fully saturated rings. The standard InChI is InChI=1S/C13H30N2/c1-7-14-9-8-12(4)15(6)13(5)10-11(2)3/h11-14H,7-10H2,1-6H3. The van der Waals surface area contributed by atoms with Crippen molar-refractivity contribution in [1.82, 2.24) is 10.2 Å². The van der Waals surface area contributed by atoms with Crippen molar-refractivity contribution in [2.24, 2.45) is 5.92 Å². The summed E-state index contributed by atoms with van der Waals surface area (Å²) in [5.74, 6) is 0.795. The lowest BCUT2D eigenvalue weighted by atomic mass is 10.0. The van der Waals surface area contributed by atoms with Crippen LogP contribution in [0.2, 0.25) is 0 Å². The molecule has 2 unspecified atom stereocenters. The van der Waals surface area contributed by atoms with Crippen molar-refractivity contribution in [2.75, 3.05) is 20.1 Å². The topological polar surface area (TPSA) is 15.3 Å². The zero-order chi connectivity index (χ0) is 11.8. The van der Waals surface area contributed by atoms with Crippen LogP contribution in [0.5, 0.6) is 0 Å². The summed E-state index contributed by atoms with van der Waals surface area (Å²) in [6.45, 7) is 13.6. The van der Waals surface area contributed by atoms with Gasteiger partial charge in [-0.15, -0.1) is 0 Å². The van der Waals surface area contributed by atoms with E-state index in [4.69, 9.17) is 0 Å². The van der Waals surface area contributed by atoms with Gasteiger partial charge in [0.1, 0.15) is 0 Å². The number of hydrogen-bond donors (Lipinski definition) is 1. The summed E-state index contributed by atoms with van der Waals surface area (Å²) in [5, 5.41) is 3.39. The molecule has 0 amide bonds. The van der Waals surface area contributed by atoms with Gasteiger partial charge in [0.25, 0.3) is 0 Å². The third kappa shape index (κ3) is 6.91. The summed E-state index contributed by atoms with van der Waals surface area (Å²) < 4.78 is 0. The maximum atomic E-state index is 3.39. The van der Waals surface area contributed by atoms with E-state index >= 15 is 0 Å². The summed E-state index contributed by atoms with van der Waals surface area (Å²) >= 11 is 0. The molecule has 0 aromatic heterocycles. The first-order chi connectivity index (χ1) is 6.99. The van der Waals surface area contributed by atoms with E-state index in [2.05, 4.69) is 51.9 Å². The molecule has 0 heterocycles. The molecule has 0 bridgehead atoms. The second-order valence-corrected chi connectivity index (χ2v) is 5.14. The van der Waals surface area contributed by atoms with Gasteiger partial charge in [0, 0.05) is 12.1 Å². The summed E-state index contributed by atoms with van der Waals surface area (Å²) in [6.07, 6.45) is 2.54. The van der Waals surface area contributed by atoms with Gasteiger partial charge >= 0.3 is 0 Å². The van der Waals surface area contributed by atoms with Crippen LogP contribution in [0.3, 0.4) is 0 Å². The van der Waals surface area contributed by atoms with Crippen LogP contribution in [-0.2, 0) is 0 Å². The summed E-state index contributed by atoms with van der Waals surface area (Å²) in [5.41, 5.74) is 0. The predicted molar refractivity (Wildman–Crippen MR) is 69.3 cm³/mol. The Morgan fingerprint density at radius 3 is 2.13 bits per heavy atom. The molecule has 1 N–H and O–H groups in total. The van der Waals surface area contributed by atoms with Crippen molar-refractivity contribution in [2.45, 2.75) is 59.5 Å². The molecule has 0 aliphatic carbocycles. The highest BCUT2D eigenvalue weighted by molar-refractivity contribution is 4.72. The molecule has 92 valence electrons. The first kappa shape index (κ1) is 14.9. The van der Waals surface area contributed by atoms with Gasteiger partial charge in [0.2, 0.25) is 0 Å². The molecule has 0 radical (unpaired) electrons. The van der Waals surface area contributed by atoms with Gasteiger partial charge in [-0.25, -0.2) is 0 Å². The number of rotatable bonds is 8. The molecule has 0 rings (SSSR count). The van der Waals surface area contributed by atoms with Crippen molar-refractivity contribution in [3.8, 4) is 0 Å². The van der Waals surface area contributed by atoms with Crippen molar-refractivity contribution in [3.63, 3.8) is 0 Å². The van der Waals surface area contributed by atoms with Crippen LogP contribution in [-0.4, -0.2) is 37.1 Å². The van der Waals surface area contributed by atoms with Crippen molar-refractivity contribution in [3.05, 3.63) is 0 Å². The molecule has 0 aromatic rings. The van der Waals surface area contributed by atoms with E-state index in [1.54, 1.807) is 0 Å². The normalized spacial score (nSPS) is 16.0.